The standard InChI is InChI=1S/C24H28N10O5S2/c1-31(2)7-5-9-33-12-26-19-14(33)6-4-8-32(19)10-13-11-40-22-16(21(36)34(22)17(13)23(37)38)27-20(35)15(29-39-3)18-28-24(25)41-30-18/h4,6,8,12,16,22H,5,7,9-11H2,1-3H3,(H3-,25,27,28,30,35,37,38)/p+1/b29-15-. The molecule has 2 amide bonds. The second-order valence-electron chi connectivity index (χ2n) is 9.64. The van der Waals surface area contributed by atoms with Crippen molar-refractivity contribution in [3.8, 4) is 0 Å². The molecule has 0 aromatic carbocycles. The predicted octanol–water partition coefficient (Wildman–Crippen LogP) is -0.501. The molecular weight excluding hydrogens is 572 g/mol. The average Bonchev–Trinajstić information content (AvgIpc) is 3.56. The minimum Gasteiger partial charge on any atom is -0.477 e. The number of anilines is 1. The SMILES string of the molecule is CO/N=C(\C(=O)NC1C(=O)N2C(C(=O)O)=C(C[n+]3cccc4c3ncn4CCCN(C)C)CSC12)c1nsc(N)n1. The molecular formula is C24H29N10O5S2+. The number of carboxylic acid groups (broad SMARTS) is 1. The molecule has 5 rings (SSSR count). The lowest BCUT2D eigenvalue weighted by Gasteiger charge is -2.49. The number of carbonyl (C=O) groups excluding carboxylic acids is 2. The van der Waals surface area contributed by atoms with Crippen molar-refractivity contribution in [2.45, 2.75) is 30.9 Å². The van der Waals surface area contributed by atoms with E-state index in [1.165, 1.54) is 23.8 Å². The van der Waals surface area contributed by atoms with E-state index in [4.69, 9.17) is 10.6 Å². The Labute approximate surface area is 242 Å². The Morgan fingerprint density at radius 1 is 1.39 bits per heavy atom. The molecule has 0 radical (unpaired) electrons. The molecule has 1 fully saturated rings. The topological polar surface area (TPSA) is 185 Å². The van der Waals surface area contributed by atoms with Gasteiger partial charge in [-0.3, -0.25) is 14.5 Å². The summed E-state index contributed by atoms with van der Waals surface area (Å²) in [7, 11) is 5.32. The fourth-order valence-corrected chi connectivity index (χ4v) is 6.54. The van der Waals surface area contributed by atoms with Crippen LogP contribution in [-0.2, 0) is 32.3 Å². The fourth-order valence-electron chi connectivity index (χ4n) is 4.77. The van der Waals surface area contributed by atoms with Crippen LogP contribution in [0.3, 0.4) is 0 Å². The van der Waals surface area contributed by atoms with Gasteiger partial charge in [0.15, 0.2) is 5.13 Å². The van der Waals surface area contributed by atoms with Gasteiger partial charge in [0.1, 0.15) is 36.3 Å². The Balaban J connectivity index is 1.34. The van der Waals surface area contributed by atoms with Crippen LogP contribution >= 0.6 is 23.3 Å². The van der Waals surface area contributed by atoms with E-state index in [1.807, 2.05) is 37.0 Å². The summed E-state index contributed by atoms with van der Waals surface area (Å²) in [5.74, 6) is -2.18. The van der Waals surface area contributed by atoms with Gasteiger partial charge in [0.2, 0.25) is 17.9 Å². The molecule has 5 heterocycles. The normalized spacial score (nSPS) is 19.0. The number of nitrogens with two attached hydrogens (primary N) is 1. The highest BCUT2D eigenvalue weighted by atomic mass is 32.2. The average molecular weight is 602 g/mol. The Morgan fingerprint density at radius 3 is 2.88 bits per heavy atom. The maximum atomic E-state index is 13.2. The molecule has 3 aromatic heterocycles. The lowest BCUT2D eigenvalue weighted by Crippen LogP contribution is -2.71. The van der Waals surface area contributed by atoms with Crippen LogP contribution in [0, 0.1) is 0 Å². The molecule has 41 heavy (non-hydrogen) atoms. The first-order valence-corrected chi connectivity index (χ1v) is 14.4. The first-order valence-electron chi connectivity index (χ1n) is 12.6. The van der Waals surface area contributed by atoms with Gasteiger partial charge in [-0.15, -0.1) is 11.8 Å². The number of hydrogen-bond donors (Lipinski definition) is 3. The van der Waals surface area contributed by atoms with Crippen LogP contribution in [0.25, 0.3) is 11.2 Å². The third kappa shape index (κ3) is 5.59. The molecule has 4 N–H and O–H groups in total. The summed E-state index contributed by atoms with van der Waals surface area (Å²) in [6.07, 6.45) is 4.60. The van der Waals surface area contributed by atoms with Crippen molar-refractivity contribution in [2.75, 3.05) is 39.2 Å². The van der Waals surface area contributed by atoms with E-state index >= 15 is 0 Å². The zero-order chi connectivity index (χ0) is 29.3. The van der Waals surface area contributed by atoms with Crippen molar-refractivity contribution in [1.29, 1.82) is 0 Å². The van der Waals surface area contributed by atoms with Crippen molar-refractivity contribution in [3.63, 3.8) is 0 Å². The van der Waals surface area contributed by atoms with E-state index in [-0.39, 0.29) is 28.9 Å². The minimum absolute atomic E-state index is 0.0356. The molecule has 15 nitrogen and oxygen atoms in total. The largest absolute Gasteiger partial charge is 0.477 e. The third-order valence-corrected chi connectivity index (χ3v) is 8.49. The number of rotatable bonds is 11. The van der Waals surface area contributed by atoms with Crippen LogP contribution < -0.4 is 15.6 Å². The highest BCUT2D eigenvalue weighted by molar-refractivity contribution is 8.00. The quantitative estimate of drug-likeness (QED) is 0.111. The Bertz CT molecular complexity index is 1560. The number of pyridine rings is 1. The molecule has 216 valence electrons. The molecule has 0 bridgehead atoms. The number of fused-ring (bicyclic) bond motifs is 2. The van der Waals surface area contributed by atoms with Crippen molar-refractivity contribution >= 4 is 63.1 Å². The number of β-lactam (4-membered cyclic amide) rings is 1. The van der Waals surface area contributed by atoms with E-state index in [0.29, 0.717) is 11.3 Å². The van der Waals surface area contributed by atoms with Gasteiger partial charge in [-0.2, -0.15) is 9.36 Å². The van der Waals surface area contributed by atoms with E-state index in [0.717, 1.165) is 42.2 Å². The predicted molar refractivity (Wildman–Crippen MR) is 151 cm³/mol. The van der Waals surface area contributed by atoms with Crippen molar-refractivity contribution in [3.05, 3.63) is 41.8 Å². The zero-order valence-corrected chi connectivity index (χ0v) is 24.2. The van der Waals surface area contributed by atoms with Gasteiger partial charge in [-0.05, 0) is 44.2 Å². The van der Waals surface area contributed by atoms with Crippen LogP contribution in [-0.4, -0.2) is 102 Å². The van der Waals surface area contributed by atoms with Crippen LogP contribution in [0.1, 0.15) is 12.2 Å². The van der Waals surface area contributed by atoms with E-state index in [2.05, 4.69) is 34.3 Å². The first kappa shape index (κ1) is 28.4. The van der Waals surface area contributed by atoms with Crippen LogP contribution in [0.5, 0.6) is 0 Å². The Kier molecular flexibility index (Phi) is 8.18. The molecule has 0 aliphatic carbocycles. The number of hydrogen-bond acceptors (Lipinski definition) is 12. The molecule has 2 aliphatic rings. The summed E-state index contributed by atoms with van der Waals surface area (Å²) in [6, 6.07) is 2.92. The summed E-state index contributed by atoms with van der Waals surface area (Å²) < 4.78 is 7.94. The third-order valence-electron chi connectivity index (χ3n) is 6.60. The monoisotopic (exact) mass is 601 g/mol. The number of nitrogens with zero attached hydrogens (tertiary/aromatic N) is 8. The summed E-state index contributed by atoms with van der Waals surface area (Å²) >= 11 is 2.25. The summed E-state index contributed by atoms with van der Waals surface area (Å²) in [5, 5.41) is 16.0. The summed E-state index contributed by atoms with van der Waals surface area (Å²) in [5.41, 5.74) is 7.53. The molecule has 0 spiro atoms. The molecule has 17 heteroatoms. The smallest absolute Gasteiger partial charge is 0.352 e. The highest BCUT2D eigenvalue weighted by Crippen LogP contribution is 2.40. The number of carbonyl (C=O) groups is 3. The molecule has 2 unspecified atom stereocenters. The van der Waals surface area contributed by atoms with Crippen molar-refractivity contribution < 1.29 is 28.9 Å². The number of aryl methyl sites for hydroxylation is 1. The Hall–Kier alpha value is -4.09. The molecule has 2 aliphatic heterocycles. The van der Waals surface area contributed by atoms with Crippen molar-refractivity contribution in [2.24, 2.45) is 5.16 Å². The zero-order valence-electron chi connectivity index (χ0n) is 22.6. The highest BCUT2D eigenvalue weighted by Gasteiger charge is 2.54. The summed E-state index contributed by atoms with van der Waals surface area (Å²) in [4.78, 5) is 55.2. The summed E-state index contributed by atoms with van der Waals surface area (Å²) in [6.45, 7) is 2.00. The number of carboxylic acids is 1. The lowest BCUT2D eigenvalue weighted by molar-refractivity contribution is -0.664. The van der Waals surface area contributed by atoms with Crippen LogP contribution in [0.15, 0.2) is 41.1 Å². The number of aromatic nitrogens is 5. The number of nitrogen functional groups attached to an aromatic ring is 1. The van der Waals surface area contributed by atoms with E-state index in [9.17, 15) is 19.5 Å². The number of amides is 2. The maximum absolute atomic E-state index is 13.2. The van der Waals surface area contributed by atoms with Crippen LogP contribution in [0.2, 0.25) is 0 Å². The molecule has 2 atom stereocenters. The number of aliphatic carboxylic acids is 1. The number of nitrogens with one attached hydrogen (secondary N) is 1. The maximum Gasteiger partial charge on any atom is 0.352 e. The number of thioether (sulfide) groups is 1. The van der Waals surface area contributed by atoms with Gasteiger partial charge in [-0.25, -0.2) is 9.36 Å². The van der Waals surface area contributed by atoms with Gasteiger partial charge in [0.05, 0.1) is 6.20 Å². The minimum atomic E-state index is -1.21. The number of imidazole rings is 1. The van der Waals surface area contributed by atoms with Gasteiger partial charge >= 0.3 is 11.6 Å². The lowest BCUT2D eigenvalue weighted by atomic mass is 10.0. The van der Waals surface area contributed by atoms with Gasteiger partial charge < -0.3 is 30.5 Å². The fraction of sp³-hybridized carbons (Fsp3) is 0.417. The van der Waals surface area contributed by atoms with Gasteiger partial charge in [-0.1, -0.05) is 5.16 Å². The van der Waals surface area contributed by atoms with Gasteiger partial charge in [0.25, 0.3) is 11.8 Å². The van der Waals surface area contributed by atoms with E-state index in [1.54, 1.807) is 6.33 Å². The number of oxime groups is 1. The van der Waals surface area contributed by atoms with Gasteiger partial charge in [0, 0.05) is 29.4 Å². The van der Waals surface area contributed by atoms with Crippen LogP contribution in [0.4, 0.5) is 5.13 Å². The molecule has 0 saturated carbocycles. The second-order valence-corrected chi connectivity index (χ2v) is 11.5. The molecule has 1 saturated heterocycles. The first-order chi connectivity index (χ1) is 19.7. The van der Waals surface area contributed by atoms with Crippen molar-refractivity contribution in [1.82, 2.24) is 34.0 Å². The molecule has 3 aromatic rings. The second kappa shape index (κ2) is 11.8. The van der Waals surface area contributed by atoms with E-state index < -0.39 is 29.2 Å². The Morgan fingerprint density at radius 2 is 2.20 bits per heavy atom.